The Morgan fingerprint density at radius 2 is 1.03 bits per heavy atom. The average molecular weight is 447 g/mol. The van der Waals surface area contributed by atoms with Crippen LogP contribution in [0.15, 0.2) is 126 Å². The smallest absolute Gasteiger partial charge is 0.200 e. The second-order valence-corrected chi connectivity index (χ2v) is 8.23. The lowest BCUT2D eigenvalue weighted by Gasteiger charge is -2.15. The Morgan fingerprint density at radius 1 is 0.545 bits per heavy atom. The van der Waals surface area contributed by atoms with Crippen LogP contribution < -0.4 is 5.32 Å². The molecule has 0 spiro atoms. The highest BCUT2D eigenvalue weighted by Gasteiger charge is 2.12. The van der Waals surface area contributed by atoms with Gasteiger partial charge in [-0.1, -0.05) is 103 Å². The Kier molecular flexibility index (Phi) is 6.19. The van der Waals surface area contributed by atoms with Crippen LogP contribution in [0.1, 0.15) is 17.5 Å². The van der Waals surface area contributed by atoms with E-state index in [2.05, 4.69) is 96.3 Å². The van der Waals surface area contributed by atoms with Gasteiger partial charge >= 0.3 is 0 Å². The first-order valence-corrected chi connectivity index (χ1v) is 11.4. The van der Waals surface area contributed by atoms with Crippen LogP contribution in [0.2, 0.25) is 0 Å². The maximum Gasteiger partial charge on any atom is 0.200 e. The van der Waals surface area contributed by atoms with Gasteiger partial charge in [-0.25, -0.2) is 4.99 Å². The summed E-state index contributed by atoms with van der Waals surface area (Å²) in [5.74, 6) is 0. The average Bonchev–Trinajstić information content (AvgIpc) is 2.87. The summed E-state index contributed by atoms with van der Waals surface area (Å²) in [6, 6.07) is 37.6. The Bertz CT molecular complexity index is 1280. The van der Waals surface area contributed by atoms with Crippen molar-refractivity contribution in [2.75, 3.05) is 0 Å². The minimum atomic E-state index is 0.349. The van der Waals surface area contributed by atoms with E-state index in [0.29, 0.717) is 5.29 Å². The maximum atomic E-state index is 6.55. The van der Waals surface area contributed by atoms with Gasteiger partial charge in [0.1, 0.15) is 0 Å². The molecule has 1 aliphatic rings. The first kappa shape index (κ1) is 21.0. The van der Waals surface area contributed by atoms with Gasteiger partial charge in [0.15, 0.2) is 0 Å². The summed E-state index contributed by atoms with van der Waals surface area (Å²) in [5, 5.41) is 3.61. The zero-order valence-corrected chi connectivity index (χ0v) is 18.8. The molecule has 0 radical (unpaired) electrons. The molecule has 160 valence electrons. The van der Waals surface area contributed by atoms with E-state index in [1.807, 2.05) is 30.3 Å². The predicted molar refractivity (Wildman–Crippen MR) is 141 cm³/mol. The third-order valence-electron chi connectivity index (χ3n) is 5.62. The van der Waals surface area contributed by atoms with Crippen molar-refractivity contribution in [3.05, 3.63) is 132 Å². The van der Waals surface area contributed by atoms with Crippen LogP contribution in [0.4, 0.5) is 0 Å². The van der Waals surface area contributed by atoms with Crippen molar-refractivity contribution in [2.45, 2.75) is 6.42 Å². The molecule has 0 amide bonds. The predicted octanol–water partition coefficient (Wildman–Crippen LogP) is 7.99. The van der Waals surface area contributed by atoms with Gasteiger partial charge in [-0.05, 0) is 64.0 Å². The van der Waals surface area contributed by atoms with E-state index in [-0.39, 0.29) is 0 Å². The van der Waals surface area contributed by atoms with E-state index in [1.54, 1.807) is 0 Å². The molecule has 33 heavy (non-hydrogen) atoms. The topological polar surface area (TPSA) is 24.4 Å². The van der Waals surface area contributed by atoms with Crippen LogP contribution in [0.5, 0.6) is 0 Å². The standard InChI is InChI=1S/C30H23ClN2/c31-30-32-28(24-15-8-3-9-16-24)17-10-18-29(33-30)27-20-25(22-11-4-1-5-12-22)19-26(21-27)23-13-6-2-7-14-23/h1-9,11-21H,10H2,(H,32,33)/b28-17?,29-18+. The molecule has 4 aromatic carbocycles. The van der Waals surface area contributed by atoms with Gasteiger partial charge in [-0.2, -0.15) is 0 Å². The first-order chi connectivity index (χ1) is 16.3. The number of nitrogens with one attached hydrogen (secondary N) is 1. The molecular weight excluding hydrogens is 424 g/mol. The number of hydrogen-bond donors (Lipinski definition) is 1. The largest absolute Gasteiger partial charge is 0.330 e. The molecule has 0 saturated carbocycles. The molecule has 1 aliphatic heterocycles. The Morgan fingerprint density at radius 3 is 1.58 bits per heavy atom. The third kappa shape index (κ3) is 4.97. The summed E-state index contributed by atoms with van der Waals surface area (Å²) in [6.07, 6.45) is 5.02. The molecule has 0 bridgehead atoms. The number of aliphatic imine (C=N–C) groups is 1. The number of allylic oxidation sites excluding steroid dienone is 2. The van der Waals surface area contributed by atoms with Crippen LogP contribution >= 0.6 is 11.6 Å². The van der Waals surface area contributed by atoms with Crippen LogP contribution in [-0.4, -0.2) is 5.29 Å². The normalized spacial score (nSPS) is 15.2. The summed E-state index contributed by atoms with van der Waals surface area (Å²) in [7, 11) is 0. The summed E-state index contributed by atoms with van der Waals surface area (Å²) >= 11 is 6.55. The van der Waals surface area contributed by atoms with Gasteiger partial charge in [0.05, 0.1) is 5.70 Å². The second kappa shape index (κ2) is 9.72. The number of nitrogens with zero attached hydrogens (tertiary/aromatic N) is 1. The number of amidine groups is 1. The van der Waals surface area contributed by atoms with Gasteiger partial charge in [0, 0.05) is 11.3 Å². The highest BCUT2D eigenvalue weighted by molar-refractivity contribution is 6.65. The van der Waals surface area contributed by atoms with Crippen molar-refractivity contribution in [1.82, 2.24) is 5.32 Å². The molecule has 4 aromatic rings. The number of hydrogen-bond acceptors (Lipinski definition) is 2. The molecule has 1 heterocycles. The Balaban J connectivity index is 1.58. The van der Waals surface area contributed by atoms with E-state index >= 15 is 0 Å². The fourth-order valence-corrected chi connectivity index (χ4v) is 4.18. The van der Waals surface area contributed by atoms with Gasteiger partial charge < -0.3 is 5.32 Å². The quantitative estimate of drug-likeness (QED) is 0.315. The van der Waals surface area contributed by atoms with E-state index in [9.17, 15) is 0 Å². The van der Waals surface area contributed by atoms with E-state index < -0.39 is 0 Å². The molecule has 3 heteroatoms. The van der Waals surface area contributed by atoms with Gasteiger partial charge in [0.2, 0.25) is 5.29 Å². The number of benzene rings is 4. The molecular formula is C30H23ClN2. The second-order valence-electron chi connectivity index (χ2n) is 7.87. The zero-order valence-electron chi connectivity index (χ0n) is 18.1. The van der Waals surface area contributed by atoms with Crippen LogP contribution in [0, 0.1) is 0 Å². The lowest BCUT2D eigenvalue weighted by atomic mass is 9.95. The maximum absolute atomic E-state index is 6.55. The van der Waals surface area contributed by atoms with Crippen LogP contribution in [0.25, 0.3) is 33.6 Å². The van der Waals surface area contributed by atoms with E-state index in [1.165, 1.54) is 11.1 Å². The molecule has 1 N–H and O–H groups in total. The van der Waals surface area contributed by atoms with Crippen LogP contribution in [-0.2, 0) is 0 Å². The van der Waals surface area contributed by atoms with Crippen molar-refractivity contribution in [2.24, 2.45) is 4.99 Å². The van der Waals surface area contributed by atoms with E-state index in [4.69, 9.17) is 16.6 Å². The molecule has 0 unspecified atom stereocenters. The molecule has 0 aliphatic carbocycles. The van der Waals surface area contributed by atoms with Crippen LogP contribution in [0.3, 0.4) is 0 Å². The molecule has 2 nitrogen and oxygen atoms in total. The zero-order chi connectivity index (χ0) is 22.5. The fraction of sp³-hybridized carbons (Fsp3) is 0.0333. The fourth-order valence-electron chi connectivity index (χ4n) is 3.99. The van der Waals surface area contributed by atoms with E-state index in [0.717, 1.165) is 40.1 Å². The minimum absolute atomic E-state index is 0.349. The summed E-state index contributed by atoms with van der Waals surface area (Å²) < 4.78 is 0. The van der Waals surface area contributed by atoms with Gasteiger partial charge in [0.25, 0.3) is 0 Å². The lowest BCUT2D eigenvalue weighted by molar-refractivity contribution is 1.23. The van der Waals surface area contributed by atoms with Crippen molar-refractivity contribution >= 4 is 28.3 Å². The van der Waals surface area contributed by atoms with Gasteiger partial charge in [-0.3, -0.25) is 0 Å². The SMILES string of the molecule is ClC1=N/C(c2cc(-c3ccccc3)cc(-c3ccccc3)c2)=C/CC=C(c2ccccc2)N1. The minimum Gasteiger partial charge on any atom is -0.330 e. The highest BCUT2D eigenvalue weighted by Crippen LogP contribution is 2.32. The number of rotatable bonds is 4. The van der Waals surface area contributed by atoms with Crippen molar-refractivity contribution in [1.29, 1.82) is 0 Å². The number of halogens is 1. The summed E-state index contributed by atoms with van der Waals surface area (Å²) in [6.45, 7) is 0. The Labute approximate surface area is 199 Å². The van der Waals surface area contributed by atoms with Crippen molar-refractivity contribution in [3.8, 4) is 22.3 Å². The first-order valence-electron chi connectivity index (χ1n) is 11.0. The third-order valence-corrected chi connectivity index (χ3v) is 5.80. The Hall–Kier alpha value is -3.88. The monoisotopic (exact) mass is 446 g/mol. The molecule has 0 saturated heterocycles. The van der Waals surface area contributed by atoms with Crippen molar-refractivity contribution in [3.63, 3.8) is 0 Å². The lowest BCUT2D eigenvalue weighted by Crippen LogP contribution is -2.17. The summed E-state index contributed by atoms with van der Waals surface area (Å²) in [5.41, 5.74) is 8.56. The molecule has 0 fully saturated rings. The van der Waals surface area contributed by atoms with Crippen molar-refractivity contribution < 1.29 is 0 Å². The molecule has 0 aromatic heterocycles. The highest BCUT2D eigenvalue weighted by atomic mass is 35.5. The summed E-state index contributed by atoms with van der Waals surface area (Å²) in [4.78, 5) is 4.74. The van der Waals surface area contributed by atoms with Gasteiger partial charge in [-0.15, -0.1) is 0 Å². The molecule has 0 atom stereocenters. The molecule has 5 rings (SSSR count).